The molecule has 2 heterocycles. The van der Waals surface area contributed by atoms with Gasteiger partial charge in [0.1, 0.15) is 6.07 Å². The lowest BCUT2D eigenvalue weighted by molar-refractivity contribution is -0.145. The van der Waals surface area contributed by atoms with Crippen molar-refractivity contribution in [3.05, 3.63) is 28.7 Å². The van der Waals surface area contributed by atoms with Crippen molar-refractivity contribution in [3.8, 4) is 11.8 Å². The summed E-state index contributed by atoms with van der Waals surface area (Å²) in [6.45, 7) is 2.23. The Hall–Kier alpha value is -2.30. The number of aromatic nitrogens is 1. The lowest BCUT2D eigenvalue weighted by atomic mass is 10.1. The minimum atomic E-state index is -0.518. The second kappa shape index (κ2) is 7.11. The van der Waals surface area contributed by atoms with Crippen LogP contribution in [-0.4, -0.2) is 42.8 Å². The topological polar surface area (TPSA) is 87.5 Å². The third-order valence-corrected chi connectivity index (χ3v) is 3.16. The van der Waals surface area contributed by atoms with E-state index in [1.54, 1.807) is 11.9 Å². The summed E-state index contributed by atoms with van der Waals surface area (Å²) in [6.07, 6.45) is 1.84. The van der Waals surface area contributed by atoms with Gasteiger partial charge in [0, 0.05) is 31.4 Å². The summed E-state index contributed by atoms with van der Waals surface area (Å²) in [5.41, 5.74) is 4.51. The smallest absolute Gasteiger partial charge is 0.344 e. The van der Waals surface area contributed by atoms with E-state index in [0.717, 1.165) is 5.57 Å². The second-order valence-electron chi connectivity index (χ2n) is 4.47. The van der Waals surface area contributed by atoms with Crippen molar-refractivity contribution in [2.24, 2.45) is 0 Å². The number of halogens is 1. The molecule has 0 bridgehead atoms. The fraction of sp³-hybridized carbons (Fsp3) is 0.357. The molecule has 2 rings (SSSR count). The molecule has 0 aromatic carbocycles. The molecule has 8 heteroatoms. The Morgan fingerprint density at radius 3 is 3.00 bits per heavy atom. The van der Waals surface area contributed by atoms with E-state index < -0.39 is 5.97 Å². The monoisotopic (exact) mass is 322 g/mol. The van der Waals surface area contributed by atoms with Gasteiger partial charge in [0.25, 0.3) is 0 Å². The van der Waals surface area contributed by atoms with Crippen molar-refractivity contribution in [2.75, 3.05) is 26.8 Å². The first-order chi connectivity index (χ1) is 10.5. The molecule has 0 unspecified atom stereocenters. The Morgan fingerprint density at radius 1 is 1.64 bits per heavy atom. The van der Waals surface area contributed by atoms with Crippen LogP contribution in [0.25, 0.3) is 5.57 Å². The molecule has 22 heavy (non-hydrogen) atoms. The fourth-order valence-electron chi connectivity index (χ4n) is 1.91. The number of rotatable bonds is 5. The van der Waals surface area contributed by atoms with Crippen LogP contribution in [0.15, 0.2) is 12.3 Å². The average Bonchev–Trinajstić information content (AvgIpc) is 2.91. The minimum Gasteiger partial charge on any atom is -0.479 e. The Balaban J connectivity index is 2.23. The molecule has 0 aliphatic carbocycles. The van der Waals surface area contributed by atoms with E-state index in [-0.39, 0.29) is 24.7 Å². The number of esters is 1. The van der Waals surface area contributed by atoms with Crippen molar-refractivity contribution in [3.63, 3.8) is 0 Å². The number of nitrogens with zero attached hydrogens (tertiary/aromatic N) is 3. The molecule has 7 nitrogen and oxygen atoms in total. The van der Waals surface area contributed by atoms with Crippen LogP contribution in [-0.2, 0) is 9.53 Å². The molecule has 0 saturated heterocycles. The zero-order valence-corrected chi connectivity index (χ0v) is 13.0. The van der Waals surface area contributed by atoms with Gasteiger partial charge >= 0.3 is 5.97 Å². The lowest BCUT2D eigenvalue weighted by Crippen LogP contribution is -2.23. The SMILES string of the molecule is CCOC(=O)COc1cc(Cl)c(C2=CN(C)NC2)nc1C#N. The van der Waals surface area contributed by atoms with Crippen LogP contribution >= 0.6 is 11.6 Å². The summed E-state index contributed by atoms with van der Waals surface area (Å²) < 4.78 is 10.0. The highest BCUT2D eigenvalue weighted by molar-refractivity contribution is 6.32. The van der Waals surface area contributed by atoms with Crippen LogP contribution in [0, 0.1) is 11.3 Å². The summed E-state index contributed by atoms with van der Waals surface area (Å²) in [4.78, 5) is 15.5. The van der Waals surface area contributed by atoms with Crippen molar-refractivity contribution < 1.29 is 14.3 Å². The van der Waals surface area contributed by atoms with Crippen LogP contribution < -0.4 is 10.2 Å². The molecule has 1 aromatic heterocycles. The van der Waals surface area contributed by atoms with Crippen LogP contribution in [0.4, 0.5) is 0 Å². The largest absolute Gasteiger partial charge is 0.479 e. The molecule has 1 aliphatic heterocycles. The number of ether oxygens (including phenoxy) is 2. The van der Waals surface area contributed by atoms with Gasteiger partial charge in [-0.05, 0) is 6.92 Å². The minimum absolute atomic E-state index is 0.0687. The number of nitriles is 1. The highest BCUT2D eigenvalue weighted by atomic mass is 35.5. The van der Waals surface area contributed by atoms with E-state index in [0.29, 0.717) is 17.3 Å². The van der Waals surface area contributed by atoms with Gasteiger partial charge in [0.15, 0.2) is 18.1 Å². The zero-order valence-electron chi connectivity index (χ0n) is 12.2. The quantitative estimate of drug-likeness (QED) is 0.818. The molecule has 1 aromatic rings. The van der Waals surface area contributed by atoms with Crippen molar-refractivity contribution in [1.29, 1.82) is 5.26 Å². The Bertz CT molecular complexity index is 654. The van der Waals surface area contributed by atoms with Gasteiger partial charge in [-0.1, -0.05) is 11.6 Å². The first-order valence-corrected chi connectivity index (χ1v) is 6.99. The van der Waals surface area contributed by atoms with Gasteiger partial charge < -0.3 is 14.5 Å². The number of pyridine rings is 1. The van der Waals surface area contributed by atoms with Gasteiger partial charge in [-0.2, -0.15) is 5.26 Å². The number of carbonyl (C=O) groups excluding carboxylic acids is 1. The van der Waals surface area contributed by atoms with Gasteiger partial charge in [0.2, 0.25) is 0 Å². The normalized spacial score (nSPS) is 13.5. The summed E-state index contributed by atoms with van der Waals surface area (Å²) >= 11 is 6.21. The van der Waals surface area contributed by atoms with Crippen LogP contribution in [0.3, 0.4) is 0 Å². The molecule has 1 N–H and O–H groups in total. The standard InChI is InChI=1S/C14H15ClN4O3/c1-3-21-13(20)8-22-12-4-10(15)14(18-11(12)5-16)9-6-17-19(2)7-9/h4,7,17H,3,6,8H2,1-2H3. The van der Waals surface area contributed by atoms with Crippen molar-refractivity contribution in [1.82, 2.24) is 15.4 Å². The van der Waals surface area contributed by atoms with E-state index >= 15 is 0 Å². The fourth-order valence-corrected chi connectivity index (χ4v) is 2.17. The third kappa shape index (κ3) is 3.67. The van der Waals surface area contributed by atoms with E-state index in [2.05, 4.69) is 10.4 Å². The zero-order chi connectivity index (χ0) is 16.1. The van der Waals surface area contributed by atoms with Crippen LogP contribution in [0.1, 0.15) is 18.3 Å². The first-order valence-electron chi connectivity index (χ1n) is 6.61. The van der Waals surface area contributed by atoms with Gasteiger partial charge in [-0.25, -0.2) is 15.2 Å². The Morgan fingerprint density at radius 2 is 2.41 bits per heavy atom. The maximum absolute atomic E-state index is 11.3. The van der Waals surface area contributed by atoms with E-state index in [1.165, 1.54) is 6.07 Å². The molecule has 116 valence electrons. The molecular formula is C14H15ClN4O3. The third-order valence-electron chi connectivity index (χ3n) is 2.87. The summed E-state index contributed by atoms with van der Waals surface area (Å²) in [6, 6.07) is 3.43. The summed E-state index contributed by atoms with van der Waals surface area (Å²) in [7, 11) is 1.85. The molecular weight excluding hydrogens is 308 g/mol. The first kappa shape index (κ1) is 16.1. The number of nitrogens with one attached hydrogen (secondary N) is 1. The number of hydrogen-bond donors (Lipinski definition) is 1. The maximum atomic E-state index is 11.3. The van der Waals surface area contributed by atoms with Gasteiger partial charge in [-0.3, -0.25) is 0 Å². The van der Waals surface area contributed by atoms with E-state index in [1.807, 2.05) is 19.3 Å². The highest BCUT2D eigenvalue weighted by Crippen LogP contribution is 2.29. The van der Waals surface area contributed by atoms with Gasteiger partial charge in [0.05, 0.1) is 17.3 Å². The lowest BCUT2D eigenvalue weighted by Gasteiger charge is -2.10. The highest BCUT2D eigenvalue weighted by Gasteiger charge is 2.19. The van der Waals surface area contributed by atoms with Crippen LogP contribution in [0.5, 0.6) is 5.75 Å². The van der Waals surface area contributed by atoms with E-state index in [4.69, 9.17) is 21.1 Å². The number of hydrogen-bond acceptors (Lipinski definition) is 7. The molecule has 0 radical (unpaired) electrons. The molecule has 0 fully saturated rings. The Labute approximate surface area is 133 Å². The van der Waals surface area contributed by atoms with Gasteiger partial charge in [-0.15, -0.1) is 0 Å². The second-order valence-corrected chi connectivity index (χ2v) is 4.88. The molecule has 1 aliphatic rings. The predicted octanol–water partition coefficient (Wildman–Crippen LogP) is 1.34. The maximum Gasteiger partial charge on any atom is 0.344 e. The number of hydrazine groups is 1. The molecule has 0 saturated carbocycles. The molecule has 0 spiro atoms. The van der Waals surface area contributed by atoms with Crippen LogP contribution in [0.2, 0.25) is 5.02 Å². The summed E-state index contributed by atoms with van der Waals surface area (Å²) in [5.74, 6) is -0.361. The van der Waals surface area contributed by atoms with Crippen molar-refractivity contribution in [2.45, 2.75) is 6.92 Å². The molecule has 0 atom stereocenters. The van der Waals surface area contributed by atoms with Crippen molar-refractivity contribution >= 4 is 23.1 Å². The van der Waals surface area contributed by atoms with E-state index in [9.17, 15) is 10.1 Å². The summed E-state index contributed by atoms with van der Waals surface area (Å²) in [5, 5.41) is 11.3. The number of carbonyl (C=O) groups is 1. The predicted molar refractivity (Wildman–Crippen MR) is 79.8 cm³/mol. The Kier molecular flexibility index (Phi) is 5.20. The molecule has 0 amide bonds. The average molecular weight is 323 g/mol.